The lowest BCUT2D eigenvalue weighted by Crippen LogP contribution is -2.57. The number of alkyl halides is 3. The van der Waals surface area contributed by atoms with Crippen LogP contribution in [0, 0.1) is 5.92 Å². The lowest BCUT2D eigenvalue weighted by Gasteiger charge is -2.44. The summed E-state index contributed by atoms with van der Waals surface area (Å²) in [6.07, 6.45) is -1.31. The van der Waals surface area contributed by atoms with Gasteiger partial charge >= 0.3 is 12.1 Å². The van der Waals surface area contributed by atoms with Crippen molar-refractivity contribution in [3.05, 3.63) is 35.3 Å². The predicted octanol–water partition coefficient (Wildman–Crippen LogP) is 3.13. The van der Waals surface area contributed by atoms with E-state index in [-0.39, 0.29) is 17.6 Å². The summed E-state index contributed by atoms with van der Waals surface area (Å²) in [5.74, 6) is -1.72. The number of nitrogens with one attached hydrogen (secondary N) is 2. The first-order valence-corrected chi connectivity index (χ1v) is 10.1. The molecule has 154 valence electrons. The van der Waals surface area contributed by atoms with E-state index in [1.165, 1.54) is 24.4 Å². The van der Waals surface area contributed by atoms with Crippen molar-refractivity contribution in [3.63, 3.8) is 0 Å². The van der Waals surface area contributed by atoms with Crippen LogP contribution in [0.5, 0.6) is 0 Å². The number of carbonyl (C=O) groups is 2. The van der Waals surface area contributed by atoms with Crippen LogP contribution in [0.1, 0.15) is 22.5 Å². The molecule has 10 heteroatoms. The molecule has 29 heavy (non-hydrogen) atoms. The number of aromatic nitrogens is 1. The molecule has 1 aromatic carbocycles. The van der Waals surface area contributed by atoms with E-state index in [1.807, 2.05) is 5.32 Å². The molecule has 3 aliphatic rings. The van der Waals surface area contributed by atoms with Gasteiger partial charge < -0.3 is 15.5 Å². The standard InChI is InChI=1S/C19H19F3N4O2S/c20-19(21,22)18(28)24-13-3-1-2-12(8-13)17-23-9-15(29-17)16(27)25-14-10-26-6-4-11(14)5-7-26/h1-3,8-9,11,14H,4-7,10H2,(H,24,28)(H,25,27)/t14-/m0/s1. The van der Waals surface area contributed by atoms with Crippen LogP contribution in [-0.4, -0.2) is 53.6 Å². The fourth-order valence-corrected chi connectivity index (χ4v) is 4.63. The first-order valence-electron chi connectivity index (χ1n) is 9.27. The molecule has 1 atom stereocenters. The van der Waals surface area contributed by atoms with Gasteiger partial charge in [-0.2, -0.15) is 13.2 Å². The minimum absolute atomic E-state index is 0.0123. The molecule has 0 spiro atoms. The van der Waals surface area contributed by atoms with E-state index in [2.05, 4.69) is 15.2 Å². The third kappa shape index (κ3) is 4.43. The van der Waals surface area contributed by atoms with Crippen LogP contribution < -0.4 is 10.6 Å². The van der Waals surface area contributed by atoms with Crippen molar-refractivity contribution >= 4 is 28.8 Å². The molecule has 0 aliphatic carbocycles. The number of rotatable bonds is 4. The number of hydrogen-bond donors (Lipinski definition) is 2. The van der Waals surface area contributed by atoms with Crippen molar-refractivity contribution in [1.82, 2.24) is 15.2 Å². The second kappa shape index (κ2) is 7.75. The maximum absolute atomic E-state index is 12.6. The zero-order chi connectivity index (χ0) is 20.6. The largest absolute Gasteiger partial charge is 0.471 e. The van der Waals surface area contributed by atoms with E-state index < -0.39 is 12.1 Å². The fraction of sp³-hybridized carbons (Fsp3) is 0.421. The molecule has 0 radical (unpaired) electrons. The second-order valence-corrected chi connectivity index (χ2v) is 8.31. The van der Waals surface area contributed by atoms with Gasteiger partial charge in [-0.15, -0.1) is 11.3 Å². The van der Waals surface area contributed by atoms with Gasteiger partial charge in [0, 0.05) is 23.8 Å². The molecule has 5 rings (SSSR count). The Labute approximate surface area is 169 Å². The molecule has 1 aromatic heterocycles. The first-order chi connectivity index (χ1) is 13.8. The SMILES string of the molecule is O=C(N[C@H]1CN2CCC1CC2)c1cnc(-c2cccc(NC(=O)C(F)(F)F)c2)s1. The Kier molecular flexibility index (Phi) is 5.30. The summed E-state index contributed by atoms with van der Waals surface area (Å²) >= 11 is 1.16. The number of nitrogens with zero attached hydrogens (tertiary/aromatic N) is 2. The maximum Gasteiger partial charge on any atom is 0.471 e. The quantitative estimate of drug-likeness (QED) is 0.791. The van der Waals surface area contributed by atoms with E-state index in [1.54, 1.807) is 6.07 Å². The number of amides is 2. The van der Waals surface area contributed by atoms with Crippen molar-refractivity contribution in [1.29, 1.82) is 0 Å². The van der Waals surface area contributed by atoms with Gasteiger partial charge in [-0.1, -0.05) is 12.1 Å². The maximum atomic E-state index is 12.6. The third-order valence-electron chi connectivity index (χ3n) is 5.33. The fourth-order valence-electron chi connectivity index (χ4n) is 3.81. The molecule has 3 fully saturated rings. The molecule has 0 saturated carbocycles. The molecular formula is C19H19F3N4O2S. The molecule has 2 amide bonds. The number of fused-ring (bicyclic) bond motifs is 3. The highest BCUT2D eigenvalue weighted by atomic mass is 32.1. The Bertz CT molecular complexity index is 922. The highest BCUT2D eigenvalue weighted by Gasteiger charge is 2.38. The molecule has 3 aliphatic heterocycles. The van der Waals surface area contributed by atoms with Crippen LogP contribution in [0.25, 0.3) is 10.6 Å². The number of benzene rings is 1. The minimum atomic E-state index is -4.96. The monoisotopic (exact) mass is 424 g/mol. The van der Waals surface area contributed by atoms with E-state index >= 15 is 0 Å². The lowest BCUT2D eigenvalue weighted by molar-refractivity contribution is -0.167. The van der Waals surface area contributed by atoms with Gasteiger partial charge in [-0.05, 0) is 44.0 Å². The Balaban J connectivity index is 1.44. The first kappa shape index (κ1) is 19.8. The van der Waals surface area contributed by atoms with Crippen molar-refractivity contribution < 1.29 is 22.8 Å². The smallest absolute Gasteiger partial charge is 0.347 e. The van der Waals surface area contributed by atoms with Gasteiger partial charge in [-0.3, -0.25) is 9.59 Å². The van der Waals surface area contributed by atoms with E-state index in [9.17, 15) is 22.8 Å². The highest BCUT2D eigenvalue weighted by Crippen LogP contribution is 2.30. The van der Waals surface area contributed by atoms with Gasteiger partial charge in [0.1, 0.15) is 9.88 Å². The Morgan fingerprint density at radius 1 is 1.21 bits per heavy atom. The second-order valence-electron chi connectivity index (χ2n) is 7.28. The van der Waals surface area contributed by atoms with Crippen LogP contribution in [0.3, 0.4) is 0 Å². The zero-order valence-electron chi connectivity index (χ0n) is 15.3. The molecule has 4 heterocycles. The van der Waals surface area contributed by atoms with Crippen LogP contribution in [0.4, 0.5) is 18.9 Å². The topological polar surface area (TPSA) is 74.3 Å². The molecule has 0 unspecified atom stereocenters. The van der Waals surface area contributed by atoms with Crippen LogP contribution >= 0.6 is 11.3 Å². The zero-order valence-corrected chi connectivity index (χ0v) is 16.1. The summed E-state index contributed by atoms with van der Waals surface area (Å²) < 4.78 is 37.3. The molecule has 2 aromatic rings. The number of hydrogen-bond acceptors (Lipinski definition) is 5. The van der Waals surface area contributed by atoms with Crippen LogP contribution in [-0.2, 0) is 4.79 Å². The Hall–Kier alpha value is -2.46. The van der Waals surface area contributed by atoms with Gasteiger partial charge in [0.15, 0.2) is 0 Å². The number of halogens is 3. The predicted molar refractivity (Wildman–Crippen MR) is 103 cm³/mol. The van der Waals surface area contributed by atoms with Gasteiger partial charge in [-0.25, -0.2) is 4.98 Å². The normalized spacial score (nSPS) is 23.6. The van der Waals surface area contributed by atoms with Crippen molar-refractivity contribution in [2.45, 2.75) is 25.1 Å². The van der Waals surface area contributed by atoms with Crippen LogP contribution in [0.2, 0.25) is 0 Å². The average Bonchev–Trinajstić information content (AvgIpc) is 3.19. The van der Waals surface area contributed by atoms with Gasteiger partial charge in [0.05, 0.1) is 6.20 Å². The van der Waals surface area contributed by atoms with E-state index in [0.29, 0.717) is 21.4 Å². The summed E-state index contributed by atoms with van der Waals surface area (Å²) in [4.78, 5) is 30.8. The number of thiazole rings is 1. The number of piperidine rings is 3. The van der Waals surface area contributed by atoms with Crippen molar-refractivity contribution in [2.75, 3.05) is 25.0 Å². The minimum Gasteiger partial charge on any atom is -0.347 e. The molecule has 3 saturated heterocycles. The van der Waals surface area contributed by atoms with Gasteiger partial charge in [0.25, 0.3) is 5.91 Å². The number of carbonyl (C=O) groups excluding carboxylic acids is 2. The number of anilines is 1. The van der Waals surface area contributed by atoms with E-state index in [4.69, 9.17) is 0 Å². The molecule has 2 N–H and O–H groups in total. The van der Waals surface area contributed by atoms with Crippen molar-refractivity contribution in [3.8, 4) is 10.6 Å². The average molecular weight is 424 g/mol. The summed E-state index contributed by atoms with van der Waals surface area (Å²) in [5, 5.41) is 5.41. The summed E-state index contributed by atoms with van der Waals surface area (Å²) in [5.41, 5.74) is 0.537. The Morgan fingerprint density at radius 3 is 2.62 bits per heavy atom. The summed E-state index contributed by atoms with van der Waals surface area (Å²) in [6.45, 7) is 3.04. The van der Waals surface area contributed by atoms with Gasteiger partial charge in [0.2, 0.25) is 0 Å². The summed E-state index contributed by atoms with van der Waals surface area (Å²) in [7, 11) is 0. The highest BCUT2D eigenvalue weighted by molar-refractivity contribution is 7.16. The van der Waals surface area contributed by atoms with Crippen molar-refractivity contribution in [2.24, 2.45) is 5.92 Å². The Morgan fingerprint density at radius 2 is 1.97 bits per heavy atom. The molecule has 6 nitrogen and oxygen atoms in total. The summed E-state index contributed by atoms with van der Waals surface area (Å²) in [6, 6.07) is 6.09. The third-order valence-corrected chi connectivity index (χ3v) is 6.37. The van der Waals surface area contributed by atoms with Crippen LogP contribution in [0.15, 0.2) is 30.5 Å². The molecule has 2 bridgehead atoms. The molecular weight excluding hydrogens is 405 g/mol. The van der Waals surface area contributed by atoms with E-state index in [0.717, 1.165) is 43.8 Å². The lowest BCUT2D eigenvalue weighted by atomic mass is 9.84.